The van der Waals surface area contributed by atoms with Crippen molar-refractivity contribution in [3.8, 4) is 11.3 Å². The molecule has 2 amide bonds. The molecule has 1 N–H and O–H groups in total. The van der Waals surface area contributed by atoms with Crippen LogP contribution < -0.4 is 9.62 Å². The molecule has 1 aliphatic rings. The van der Waals surface area contributed by atoms with E-state index in [0.29, 0.717) is 46.6 Å². The summed E-state index contributed by atoms with van der Waals surface area (Å²) in [5.41, 5.74) is 5.12. The number of benzene rings is 2. The van der Waals surface area contributed by atoms with Crippen LogP contribution in [-0.4, -0.2) is 48.5 Å². The zero-order chi connectivity index (χ0) is 28.1. The minimum atomic E-state index is -0.366. The molecule has 0 unspecified atom stereocenters. The number of carbonyl (C=O) groups excluding carboxylic acids is 2. The van der Waals surface area contributed by atoms with Crippen LogP contribution >= 0.6 is 24.2 Å². The number of rotatable bonds is 5. The maximum absolute atomic E-state index is 13.7. The molecule has 1 aliphatic heterocycles. The molecule has 2 aromatic carbocycles. The molecule has 5 aromatic rings. The Hall–Kier alpha value is -3.76. The molecule has 40 heavy (non-hydrogen) atoms. The van der Waals surface area contributed by atoms with Crippen LogP contribution in [0.4, 0.5) is 10.1 Å². The number of hydrogen-bond donors (Lipinski definition) is 2. The largest absolute Gasteiger partial charge is 0.455 e. The second-order valence-corrected chi connectivity index (χ2v) is 11.7. The number of halogens is 1. The third-order valence-corrected chi connectivity index (χ3v) is 8.85. The molecule has 1 fully saturated rings. The van der Waals surface area contributed by atoms with Gasteiger partial charge in [-0.3, -0.25) is 9.59 Å². The van der Waals surface area contributed by atoms with Gasteiger partial charge in [0.15, 0.2) is 0 Å². The molecule has 0 radical (unpaired) electrons. The van der Waals surface area contributed by atoms with Gasteiger partial charge in [-0.05, 0) is 66.2 Å². The minimum absolute atomic E-state index is 0.0189. The first-order valence-corrected chi connectivity index (χ1v) is 14.4. The van der Waals surface area contributed by atoms with Gasteiger partial charge in [0.1, 0.15) is 22.9 Å². The van der Waals surface area contributed by atoms with Crippen LogP contribution in [-0.2, 0) is 7.05 Å². The SMILES string of the molecule is CNC(=O)c1c(-c2ccc(F)cc2)oc2cc(N(C)S)c([C@@H]3CCCN(C(=O)c4cc5sccc5n4C)C3)cc12. The highest BCUT2D eigenvalue weighted by Gasteiger charge is 2.31. The number of fused-ring (bicyclic) bond motifs is 2. The lowest BCUT2D eigenvalue weighted by Crippen LogP contribution is -2.40. The molecule has 0 aliphatic carbocycles. The van der Waals surface area contributed by atoms with Gasteiger partial charge in [-0.25, -0.2) is 4.39 Å². The number of thiophene rings is 1. The zero-order valence-electron chi connectivity index (χ0n) is 22.4. The molecule has 3 aromatic heterocycles. The average molecular weight is 577 g/mol. The van der Waals surface area contributed by atoms with Gasteiger partial charge in [0.25, 0.3) is 11.8 Å². The van der Waals surface area contributed by atoms with Crippen LogP contribution in [0.15, 0.2) is 58.3 Å². The first-order chi connectivity index (χ1) is 19.3. The monoisotopic (exact) mass is 576 g/mol. The van der Waals surface area contributed by atoms with E-state index in [0.717, 1.165) is 34.3 Å². The first kappa shape index (κ1) is 26.5. The molecule has 0 spiro atoms. The van der Waals surface area contributed by atoms with Gasteiger partial charge >= 0.3 is 0 Å². The Morgan fingerprint density at radius 1 is 1.18 bits per heavy atom. The lowest BCUT2D eigenvalue weighted by molar-refractivity contribution is 0.0698. The summed E-state index contributed by atoms with van der Waals surface area (Å²) in [6.45, 7) is 1.24. The molecular weight excluding hydrogens is 547 g/mol. The summed E-state index contributed by atoms with van der Waals surface area (Å²) < 4.78 is 24.7. The average Bonchev–Trinajstić information content (AvgIpc) is 3.66. The van der Waals surface area contributed by atoms with Crippen molar-refractivity contribution < 1.29 is 18.4 Å². The fourth-order valence-corrected chi connectivity index (χ4v) is 6.77. The number of furan rings is 1. The van der Waals surface area contributed by atoms with Crippen molar-refractivity contribution in [2.45, 2.75) is 18.8 Å². The summed E-state index contributed by atoms with van der Waals surface area (Å²) in [5, 5.41) is 5.42. The first-order valence-electron chi connectivity index (χ1n) is 13.1. The van der Waals surface area contributed by atoms with E-state index in [-0.39, 0.29) is 23.5 Å². The van der Waals surface area contributed by atoms with E-state index in [9.17, 15) is 14.0 Å². The number of hydrogen-bond acceptors (Lipinski definition) is 6. The highest BCUT2D eigenvalue weighted by atomic mass is 32.1. The highest BCUT2D eigenvalue weighted by Crippen LogP contribution is 2.42. The van der Waals surface area contributed by atoms with Crippen LogP contribution in [0.2, 0.25) is 0 Å². The van der Waals surface area contributed by atoms with Crippen molar-refractivity contribution in [3.63, 3.8) is 0 Å². The van der Waals surface area contributed by atoms with Gasteiger partial charge in [-0.15, -0.1) is 11.3 Å². The van der Waals surface area contributed by atoms with Gasteiger partial charge in [0.05, 0.1) is 21.5 Å². The minimum Gasteiger partial charge on any atom is -0.455 e. The molecule has 206 valence electrons. The topological polar surface area (TPSA) is 70.7 Å². The number of nitrogens with one attached hydrogen (secondary N) is 1. The molecule has 0 bridgehead atoms. The maximum Gasteiger partial charge on any atom is 0.270 e. The summed E-state index contributed by atoms with van der Waals surface area (Å²) in [4.78, 5) is 28.7. The number of anilines is 1. The van der Waals surface area contributed by atoms with Crippen molar-refractivity contribution in [2.75, 3.05) is 31.5 Å². The Balaban J connectivity index is 1.42. The second-order valence-electron chi connectivity index (χ2n) is 10.2. The van der Waals surface area contributed by atoms with E-state index in [1.165, 1.54) is 12.1 Å². The van der Waals surface area contributed by atoms with E-state index < -0.39 is 0 Å². The fraction of sp³-hybridized carbons (Fsp3) is 0.267. The van der Waals surface area contributed by atoms with E-state index >= 15 is 0 Å². The molecule has 7 nitrogen and oxygen atoms in total. The Morgan fingerprint density at radius 3 is 2.65 bits per heavy atom. The van der Waals surface area contributed by atoms with E-state index in [1.807, 2.05) is 53.2 Å². The van der Waals surface area contributed by atoms with Crippen molar-refractivity contribution in [2.24, 2.45) is 7.05 Å². The number of piperidine rings is 1. The van der Waals surface area contributed by atoms with Crippen LogP contribution in [0.25, 0.3) is 32.5 Å². The molecule has 6 rings (SSSR count). The highest BCUT2D eigenvalue weighted by molar-refractivity contribution is 7.81. The molecule has 0 saturated carbocycles. The van der Waals surface area contributed by atoms with Crippen LogP contribution in [0.3, 0.4) is 0 Å². The van der Waals surface area contributed by atoms with Gasteiger partial charge < -0.3 is 23.5 Å². The van der Waals surface area contributed by atoms with Crippen LogP contribution in [0.1, 0.15) is 45.2 Å². The van der Waals surface area contributed by atoms with Gasteiger partial charge in [-0.2, -0.15) is 0 Å². The third kappa shape index (κ3) is 4.45. The smallest absolute Gasteiger partial charge is 0.270 e. The number of amides is 2. The Morgan fingerprint density at radius 2 is 1.95 bits per heavy atom. The van der Waals surface area contributed by atoms with Crippen molar-refractivity contribution >= 4 is 62.8 Å². The predicted molar refractivity (Wildman–Crippen MR) is 161 cm³/mol. The van der Waals surface area contributed by atoms with Crippen LogP contribution in [0.5, 0.6) is 0 Å². The number of thiol groups is 1. The lowest BCUT2D eigenvalue weighted by Gasteiger charge is -2.34. The zero-order valence-corrected chi connectivity index (χ0v) is 24.1. The summed E-state index contributed by atoms with van der Waals surface area (Å²) in [6.07, 6.45) is 1.75. The van der Waals surface area contributed by atoms with Crippen molar-refractivity contribution in [1.29, 1.82) is 0 Å². The van der Waals surface area contributed by atoms with Crippen molar-refractivity contribution in [1.82, 2.24) is 14.8 Å². The maximum atomic E-state index is 13.7. The summed E-state index contributed by atoms with van der Waals surface area (Å²) >= 11 is 6.25. The van der Waals surface area contributed by atoms with Gasteiger partial charge in [-0.1, -0.05) is 12.8 Å². The summed E-state index contributed by atoms with van der Waals surface area (Å²) in [6, 6.07) is 13.8. The van der Waals surface area contributed by atoms with E-state index in [2.05, 4.69) is 18.1 Å². The van der Waals surface area contributed by atoms with E-state index in [1.54, 1.807) is 34.8 Å². The molecule has 1 atom stereocenters. The van der Waals surface area contributed by atoms with Crippen molar-refractivity contribution in [3.05, 3.63) is 76.5 Å². The van der Waals surface area contributed by atoms with Crippen LogP contribution in [0, 0.1) is 5.82 Å². The number of aromatic nitrogens is 1. The Labute approximate surface area is 240 Å². The predicted octanol–water partition coefficient (Wildman–Crippen LogP) is 6.45. The second kappa shape index (κ2) is 10.3. The van der Waals surface area contributed by atoms with Gasteiger partial charge in [0, 0.05) is 57.2 Å². The summed E-state index contributed by atoms with van der Waals surface area (Å²) in [7, 11) is 5.36. The normalized spacial score (nSPS) is 15.6. The number of aryl methyl sites for hydroxylation is 1. The van der Waals surface area contributed by atoms with Gasteiger partial charge in [0.2, 0.25) is 0 Å². The molecular formula is C30H29FN4O3S2. The number of carbonyl (C=O) groups is 2. The Kier molecular flexibility index (Phi) is 6.83. The molecule has 1 saturated heterocycles. The number of likely N-dealkylation sites (tertiary alicyclic amines) is 1. The quantitative estimate of drug-likeness (QED) is 0.236. The summed E-state index contributed by atoms with van der Waals surface area (Å²) in [5.74, 6) is -0.224. The lowest BCUT2D eigenvalue weighted by atomic mass is 9.88. The molecule has 4 heterocycles. The Bertz CT molecular complexity index is 1750. The third-order valence-electron chi connectivity index (χ3n) is 7.78. The fourth-order valence-electron chi connectivity index (χ4n) is 5.74. The standard InChI is InChI=1S/C30H29FN4O3S2/c1-32-29(36)27-21-13-20(23(34(3)39)14-25(21)38-28(27)17-6-8-19(31)9-7-17)18-5-4-11-35(16-18)30(37)24-15-26-22(33(24)2)10-12-40-26/h6-10,12-15,18,39H,4-5,11,16H2,1-3H3,(H,32,36)/t18-/m1/s1. The number of nitrogens with zero attached hydrogens (tertiary/aromatic N) is 3. The molecule has 10 heteroatoms. The van der Waals surface area contributed by atoms with E-state index in [4.69, 9.17) is 4.42 Å².